The number of carbonyl (C=O) groups excluding carboxylic acids is 2. The lowest BCUT2D eigenvalue weighted by molar-refractivity contribution is -0.137. The van der Waals surface area contributed by atoms with Crippen LogP contribution in [0.3, 0.4) is 0 Å². The highest BCUT2D eigenvalue weighted by Crippen LogP contribution is 2.31. The molecule has 0 radical (unpaired) electrons. The highest BCUT2D eigenvalue weighted by Gasteiger charge is 2.21. The summed E-state index contributed by atoms with van der Waals surface area (Å²) in [5, 5.41) is 3.57. The van der Waals surface area contributed by atoms with Gasteiger partial charge in [0.05, 0.1) is 13.3 Å². The maximum atomic E-state index is 12.6. The van der Waals surface area contributed by atoms with Crippen molar-refractivity contribution in [3.8, 4) is 11.5 Å². The van der Waals surface area contributed by atoms with E-state index in [1.54, 1.807) is 26.0 Å². The topological polar surface area (TPSA) is 137 Å². The van der Waals surface area contributed by atoms with E-state index in [0.29, 0.717) is 11.1 Å². The Hall–Kier alpha value is -3.40. The zero-order valence-corrected chi connectivity index (χ0v) is 16.2. The molecule has 0 heterocycles. The third-order valence-electron chi connectivity index (χ3n) is 3.60. The van der Waals surface area contributed by atoms with Gasteiger partial charge in [0, 0.05) is 0 Å². The number of amides is 2. The molecule has 2 rings (SSSR count). The fraction of sp³-hybridized carbons (Fsp3) is 0.167. The molecule has 9 nitrogen and oxygen atoms in total. The first-order valence-electron chi connectivity index (χ1n) is 7.96. The van der Waals surface area contributed by atoms with Gasteiger partial charge in [-0.15, -0.1) is 0 Å². The zero-order chi connectivity index (χ0) is 20.9. The van der Waals surface area contributed by atoms with Crippen molar-refractivity contribution in [3.05, 3.63) is 53.1 Å². The van der Waals surface area contributed by atoms with Crippen LogP contribution < -0.4 is 20.1 Å². The number of hydrogen-bond acceptors (Lipinski definition) is 7. The number of hydrazone groups is 1. The van der Waals surface area contributed by atoms with Gasteiger partial charge in [-0.05, 0) is 54.8 Å². The monoisotopic (exact) mass is 405 g/mol. The largest absolute Gasteiger partial charge is 0.493 e. The molecular formula is C18H19N3O6S. The lowest BCUT2D eigenvalue weighted by Crippen LogP contribution is -2.32. The molecule has 0 unspecified atom stereocenters. The summed E-state index contributed by atoms with van der Waals surface area (Å²) in [6.07, 6.45) is 1.23. The van der Waals surface area contributed by atoms with Crippen molar-refractivity contribution < 1.29 is 26.9 Å². The molecular weight excluding hydrogens is 386 g/mol. The van der Waals surface area contributed by atoms with E-state index in [1.807, 2.05) is 5.43 Å². The summed E-state index contributed by atoms with van der Waals surface area (Å²) >= 11 is 0. The summed E-state index contributed by atoms with van der Waals surface area (Å²) in [4.78, 5) is 21.7. The Morgan fingerprint density at radius 1 is 1.11 bits per heavy atom. The quantitative estimate of drug-likeness (QED) is 0.318. The highest BCUT2D eigenvalue weighted by atomic mass is 32.2. The molecule has 0 spiro atoms. The molecule has 0 aliphatic carbocycles. The summed E-state index contributed by atoms with van der Waals surface area (Å²) in [5.41, 5.74) is 8.52. The highest BCUT2D eigenvalue weighted by molar-refractivity contribution is 7.87. The normalized spacial score (nSPS) is 11.2. The molecule has 2 aromatic carbocycles. The molecule has 0 fully saturated rings. The van der Waals surface area contributed by atoms with Crippen LogP contribution in [0, 0.1) is 13.8 Å². The molecule has 0 saturated carbocycles. The van der Waals surface area contributed by atoms with E-state index in [9.17, 15) is 18.0 Å². The van der Waals surface area contributed by atoms with Gasteiger partial charge >= 0.3 is 21.9 Å². The second kappa shape index (κ2) is 8.53. The Morgan fingerprint density at radius 3 is 2.46 bits per heavy atom. The lowest BCUT2D eigenvalue weighted by atomic mass is 10.2. The number of nitrogens with zero attached hydrogens (tertiary/aromatic N) is 1. The van der Waals surface area contributed by atoms with E-state index < -0.39 is 21.9 Å². The van der Waals surface area contributed by atoms with Crippen LogP contribution in [0.2, 0.25) is 0 Å². The van der Waals surface area contributed by atoms with E-state index >= 15 is 0 Å². The van der Waals surface area contributed by atoms with Gasteiger partial charge in [0.25, 0.3) is 0 Å². The smallest absolute Gasteiger partial charge is 0.339 e. The lowest BCUT2D eigenvalue weighted by Gasteiger charge is -2.13. The number of methoxy groups -OCH3 is 1. The molecule has 2 aromatic rings. The van der Waals surface area contributed by atoms with Crippen LogP contribution in [0.15, 0.2) is 46.4 Å². The van der Waals surface area contributed by atoms with Gasteiger partial charge in [-0.3, -0.25) is 9.59 Å². The maximum Gasteiger partial charge on any atom is 0.339 e. The fourth-order valence-corrected chi connectivity index (χ4v) is 3.45. The van der Waals surface area contributed by atoms with Crippen molar-refractivity contribution in [1.82, 2.24) is 5.43 Å². The Labute approximate surface area is 162 Å². The molecule has 2 amide bonds. The van der Waals surface area contributed by atoms with Crippen molar-refractivity contribution in [2.75, 3.05) is 7.11 Å². The Balaban J connectivity index is 2.27. The molecule has 0 aliphatic heterocycles. The van der Waals surface area contributed by atoms with Crippen molar-refractivity contribution in [2.24, 2.45) is 10.8 Å². The number of ether oxygens (including phenoxy) is 1. The summed E-state index contributed by atoms with van der Waals surface area (Å²) in [5.74, 6) is -2.11. The van der Waals surface area contributed by atoms with E-state index in [4.69, 9.17) is 14.7 Å². The molecule has 10 heteroatoms. The number of primary amides is 1. The van der Waals surface area contributed by atoms with Crippen molar-refractivity contribution in [2.45, 2.75) is 18.7 Å². The molecule has 148 valence electrons. The Kier molecular flexibility index (Phi) is 6.37. The van der Waals surface area contributed by atoms with Gasteiger partial charge in [-0.1, -0.05) is 12.1 Å². The van der Waals surface area contributed by atoms with E-state index in [0.717, 1.165) is 5.56 Å². The summed E-state index contributed by atoms with van der Waals surface area (Å²) in [6, 6.07) is 9.37. The van der Waals surface area contributed by atoms with Crippen LogP contribution in [-0.4, -0.2) is 33.6 Å². The summed E-state index contributed by atoms with van der Waals surface area (Å²) in [7, 11) is -2.72. The van der Waals surface area contributed by atoms with Crippen LogP contribution in [0.1, 0.15) is 16.7 Å². The zero-order valence-electron chi connectivity index (χ0n) is 15.4. The predicted molar refractivity (Wildman–Crippen MR) is 102 cm³/mol. The first kappa shape index (κ1) is 20.9. The molecule has 28 heavy (non-hydrogen) atoms. The minimum absolute atomic E-state index is 0.0123. The molecule has 0 atom stereocenters. The average molecular weight is 405 g/mol. The van der Waals surface area contributed by atoms with E-state index in [1.165, 1.54) is 37.6 Å². The second-order valence-electron chi connectivity index (χ2n) is 5.78. The summed E-state index contributed by atoms with van der Waals surface area (Å²) in [6.45, 7) is 3.46. The first-order valence-corrected chi connectivity index (χ1v) is 9.37. The molecule has 0 aromatic heterocycles. The number of nitrogens with two attached hydrogens (primary N) is 1. The van der Waals surface area contributed by atoms with Gasteiger partial charge in [0.1, 0.15) is 4.90 Å². The third-order valence-corrected chi connectivity index (χ3v) is 4.98. The number of hydrogen-bond donors (Lipinski definition) is 2. The van der Waals surface area contributed by atoms with Gasteiger partial charge in [-0.2, -0.15) is 13.5 Å². The molecule has 0 bridgehead atoms. The van der Waals surface area contributed by atoms with Crippen LogP contribution in [0.4, 0.5) is 0 Å². The minimum atomic E-state index is -4.07. The molecule has 3 N–H and O–H groups in total. The number of carbonyl (C=O) groups is 2. The number of aryl methyl sites for hydroxylation is 2. The van der Waals surface area contributed by atoms with Crippen LogP contribution in [0.25, 0.3) is 0 Å². The average Bonchev–Trinajstić information content (AvgIpc) is 2.64. The number of nitrogens with one attached hydrogen (secondary N) is 1. The SMILES string of the molecule is COc1cc(/C=N\NC(=O)C(N)=O)ccc1OS(=O)(=O)c1cc(C)ccc1C. The summed E-state index contributed by atoms with van der Waals surface area (Å²) < 4.78 is 35.7. The minimum Gasteiger partial charge on any atom is -0.493 e. The van der Waals surface area contributed by atoms with Crippen LogP contribution in [0.5, 0.6) is 11.5 Å². The maximum absolute atomic E-state index is 12.6. The van der Waals surface area contributed by atoms with Gasteiger partial charge < -0.3 is 14.7 Å². The Bertz CT molecular complexity index is 1050. The molecule has 0 aliphatic rings. The molecule has 0 saturated heterocycles. The predicted octanol–water partition coefficient (Wildman–Crippen LogP) is 1.02. The first-order chi connectivity index (χ1) is 13.1. The standard InChI is InChI=1S/C18H19N3O6S/c1-11-4-5-12(2)16(8-11)28(24,25)27-14-7-6-13(9-15(14)26-3)10-20-21-18(23)17(19)22/h4-10H,1-3H3,(H2,19,22)(H,21,23)/b20-10-. The van der Waals surface area contributed by atoms with Crippen LogP contribution in [-0.2, 0) is 19.7 Å². The van der Waals surface area contributed by atoms with E-state index in [-0.39, 0.29) is 16.4 Å². The Morgan fingerprint density at radius 2 is 1.82 bits per heavy atom. The number of rotatable bonds is 6. The van der Waals surface area contributed by atoms with Gasteiger partial charge in [0.2, 0.25) is 0 Å². The number of benzene rings is 2. The third kappa shape index (κ3) is 5.07. The van der Waals surface area contributed by atoms with Gasteiger partial charge in [0.15, 0.2) is 11.5 Å². The fourth-order valence-electron chi connectivity index (χ4n) is 2.19. The van der Waals surface area contributed by atoms with E-state index in [2.05, 4.69) is 5.10 Å². The van der Waals surface area contributed by atoms with Crippen molar-refractivity contribution in [3.63, 3.8) is 0 Å². The van der Waals surface area contributed by atoms with Gasteiger partial charge in [-0.25, -0.2) is 5.43 Å². The second-order valence-corrected chi connectivity index (χ2v) is 7.29. The van der Waals surface area contributed by atoms with Crippen molar-refractivity contribution in [1.29, 1.82) is 0 Å². The van der Waals surface area contributed by atoms with Crippen LogP contribution >= 0.6 is 0 Å². The van der Waals surface area contributed by atoms with Crippen molar-refractivity contribution >= 4 is 28.1 Å².